The molecular weight excluding hydrogens is 244 g/mol. The van der Waals surface area contributed by atoms with Crippen LogP contribution in [0.1, 0.15) is 12.8 Å². The van der Waals surface area contributed by atoms with Crippen LogP contribution in [0.3, 0.4) is 0 Å². The Morgan fingerprint density at radius 3 is 3.26 bits per heavy atom. The van der Waals surface area contributed by atoms with Crippen LogP contribution in [0, 0.1) is 5.92 Å². The first-order valence-corrected chi connectivity index (χ1v) is 6.40. The Hall–Kier alpha value is -2.11. The quantitative estimate of drug-likeness (QED) is 0.825. The molecule has 0 aromatic carbocycles. The van der Waals surface area contributed by atoms with Gasteiger partial charge in [0.05, 0.1) is 18.4 Å². The number of rotatable bonds is 2. The molecule has 1 N–H and O–H groups in total. The lowest BCUT2D eigenvalue weighted by Gasteiger charge is -2.32. The van der Waals surface area contributed by atoms with Gasteiger partial charge >= 0.3 is 5.97 Å². The summed E-state index contributed by atoms with van der Waals surface area (Å²) >= 11 is 0. The van der Waals surface area contributed by atoms with Crippen molar-refractivity contribution < 1.29 is 9.53 Å². The highest BCUT2D eigenvalue weighted by Crippen LogP contribution is 2.27. The molecule has 1 unspecified atom stereocenters. The second-order valence-electron chi connectivity index (χ2n) is 4.75. The fourth-order valence-corrected chi connectivity index (χ4v) is 2.64. The monoisotopic (exact) mass is 260 g/mol. The summed E-state index contributed by atoms with van der Waals surface area (Å²) in [6.07, 6.45) is 5.25. The molecule has 1 aliphatic rings. The highest BCUT2D eigenvalue weighted by atomic mass is 16.5. The van der Waals surface area contributed by atoms with Gasteiger partial charge in [-0.15, -0.1) is 0 Å². The third kappa shape index (κ3) is 2.14. The molecular formula is C13H16N4O2. The van der Waals surface area contributed by atoms with Crippen LogP contribution in [0.25, 0.3) is 11.0 Å². The van der Waals surface area contributed by atoms with E-state index in [9.17, 15) is 4.79 Å². The number of aromatic amines is 1. The maximum absolute atomic E-state index is 11.7. The molecule has 0 amide bonds. The van der Waals surface area contributed by atoms with Gasteiger partial charge in [-0.25, -0.2) is 9.97 Å². The van der Waals surface area contributed by atoms with Crippen molar-refractivity contribution >= 4 is 22.8 Å². The predicted octanol–water partition coefficient (Wildman–Crippen LogP) is 1.35. The largest absolute Gasteiger partial charge is 0.469 e. The number of nitrogens with one attached hydrogen (secondary N) is 1. The Labute approximate surface area is 110 Å². The Kier molecular flexibility index (Phi) is 3.06. The highest BCUT2D eigenvalue weighted by molar-refractivity contribution is 5.87. The number of fused-ring (bicyclic) bond motifs is 1. The highest BCUT2D eigenvalue weighted by Gasteiger charge is 2.28. The Morgan fingerprint density at radius 2 is 2.42 bits per heavy atom. The summed E-state index contributed by atoms with van der Waals surface area (Å²) < 4.78 is 4.84. The zero-order chi connectivity index (χ0) is 13.2. The number of methoxy groups -OCH3 is 1. The number of aromatic nitrogens is 3. The van der Waals surface area contributed by atoms with Gasteiger partial charge in [-0.05, 0) is 18.9 Å². The molecule has 6 nitrogen and oxygen atoms in total. The Morgan fingerprint density at radius 1 is 1.53 bits per heavy atom. The van der Waals surface area contributed by atoms with Crippen molar-refractivity contribution in [3.05, 3.63) is 18.6 Å². The fraction of sp³-hybridized carbons (Fsp3) is 0.462. The summed E-state index contributed by atoms with van der Waals surface area (Å²) in [5.74, 6) is 0.687. The average Bonchev–Trinajstić information content (AvgIpc) is 2.94. The fourth-order valence-electron chi connectivity index (χ4n) is 2.64. The van der Waals surface area contributed by atoms with Crippen molar-refractivity contribution in [3.63, 3.8) is 0 Å². The molecule has 19 heavy (non-hydrogen) atoms. The van der Waals surface area contributed by atoms with Gasteiger partial charge < -0.3 is 14.6 Å². The van der Waals surface area contributed by atoms with Crippen molar-refractivity contribution in [2.45, 2.75) is 12.8 Å². The van der Waals surface area contributed by atoms with Gasteiger partial charge in [0.25, 0.3) is 0 Å². The second-order valence-corrected chi connectivity index (χ2v) is 4.75. The summed E-state index contributed by atoms with van der Waals surface area (Å²) in [4.78, 5) is 25.4. The molecule has 6 heteroatoms. The smallest absolute Gasteiger partial charge is 0.310 e. The number of carbonyl (C=O) groups is 1. The average molecular weight is 260 g/mol. The maximum Gasteiger partial charge on any atom is 0.310 e. The first kappa shape index (κ1) is 12.0. The summed E-state index contributed by atoms with van der Waals surface area (Å²) in [6.45, 7) is 1.56. The lowest BCUT2D eigenvalue weighted by atomic mass is 9.98. The molecule has 3 rings (SSSR count). The van der Waals surface area contributed by atoms with Crippen molar-refractivity contribution in [3.8, 4) is 0 Å². The van der Waals surface area contributed by atoms with E-state index in [1.54, 1.807) is 6.33 Å². The Bertz CT molecular complexity index is 595. The number of esters is 1. The molecule has 0 saturated carbocycles. The van der Waals surface area contributed by atoms with Gasteiger partial charge in [-0.3, -0.25) is 4.79 Å². The Balaban J connectivity index is 1.89. The number of piperidine rings is 1. The molecule has 0 spiro atoms. The van der Waals surface area contributed by atoms with Gasteiger partial charge in [0.2, 0.25) is 0 Å². The number of carbonyl (C=O) groups excluding carboxylic acids is 1. The van der Waals surface area contributed by atoms with Crippen LogP contribution in [0.5, 0.6) is 0 Å². The number of H-pyrrole nitrogens is 1. The van der Waals surface area contributed by atoms with Crippen molar-refractivity contribution in [1.82, 2.24) is 15.0 Å². The third-order valence-electron chi connectivity index (χ3n) is 3.59. The molecule has 0 aliphatic carbocycles. The maximum atomic E-state index is 11.7. The molecule has 2 aromatic heterocycles. The molecule has 2 aromatic rings. The molecule has 1 atom stereocenters. The molecule has 1 fully saturated rings. The van der Waals surface area contributed by atoms with Crippen LogP contribution in [0.4, 0.5) is 5.82 Å². The van der Waals surface area contributed by atoms with Gasteiger partial charge in [0, 0.05) is 19.3 Å². The third-order valence-corrected chi connectivity index (χ3v) is 3.59. The lowest BCUT2D eigenvalue weighted by Crippen LogP contribution is -2.39. The standard InChI is InChI=1S/C13H16N4O2/c1-19-13(18)9-3-2-6-17(7-9)12-10-4-5-14-11(10)15-8-16-12/h4-5,8-9H,2-3,6-7H2,1H3,(H,14,15,16). The first-order chi connectivity index (χ1) is 9.29. The molecule has 0 radical (unpaired) electrons. The van der Waals surface area contributed by atoms with Crippen LogP contribution < -0.4 is 4.90 Å². The molecule has 100 valence electrons. The van der Waals surface area contributed by atoms with Crippen molar-refractivity contribution in [2.24, 2.45) is 5.92 Å². The summed E-state index contributed by atoms with van der Waals surface area (Å²) in [5, 5.41) is 0.994. The predicted molar refractivity (Wildman–Crippen MR) is 70.8 cm³/mol. The minimum absolute atomic E-state index is 0.0669. The summed E-state index contributed by atoms with van der Waals surface area (Å²) in [7, 11) is 1.44. The topological polar surface area (TPSA) is 71.1 Å². The first-order valence-electron chi connectivity index (χ1n) is 6.40. The number of nitrogens with zero attached hydrogens (tertiary/aromatic N) is 3. The van der Waals surface area contributed by atoms with E-state index in [4.69, 9.17) is 4.74 Å². The van der Waals surface area contributed by atoms with Gasteiger partial charge in [0.1, 0.15) is 17.8 Å². The number of hydrogen-bond acceptors (Lipinski definition) is 5. The van der Waals surface area contributed by atoms with E-state index in [0.29, 0.717) is 6.54 Å². The van der Waals surface area contributed by atoms with Crippen LogP contribution in [0.2, 0.25) is 0 Å². The van der Waals surface area contributed by atoms with E-state index in [-0.39, 0.29) is 11.9 Å². The van der Waals surface area contributed by atoms with E-state index in [2.05, 4.69) is 19.9 Å². The minimum Gasteiger partial charge on any atom is -0.469 e. The van der Waals surface area contributed by atoms with E-state index in [1.807, 2.05) is 12.3 Å². The normalized spacial score (nSPS) is 19.6. The van der Waals surface area contributed by atoms with Gasteiger partial charge in [-0.2, -0.15) is 0 Å². The van der Waals surface area contributed by atoms with Crippen LogP contribution >= 0.6 is 0 Å². The number of hydrogen-bond donors (Lipinski definition) is 1. The molecule has 0 bridgehead atoms. The SMILES string of the molecule is COC(=O)C1CCCN(c2ncnc3[nH]ccc23)C1. The van der Waals surface area contributed by atoms with Gasteiger partial charge in [0.15, 0.2) is 0 Å². The molecule has 1 saturated heterocycles. The van der Waals surface area contributed by atoms with E-state index < -0.39 is 0 Å². The van der Waals surface area contributed by atoms with E-state index in [0.717, 1.165) is 36.2 Å². The van der Waals surface area contributed by atoms with E-state index >= 15 is 0 Å². The van der Waals surface area contributed by atoms with Crippen LogP contribution in [-0.2, 0) is 9.53 Å². The van der Waals surface area contributed by atoms with Crippen LogP contribution in [0.15, 0.2) is 18.6 Å². The van der Waals surface area contributed by atoms with Crippen LogP contribution in [-0.4, -0.2) is 41.1 Å². The molecule has 1 aliphatic heterocycles. The molecule has 3 heterocycles. The summed E-state index contributed by atoms with van der Waals surface area (Å²) in [6, 6.07) is 1.96. The van der Waals surface area contributed by atoms with E-state index in [1.165, 1.54) is 7.11 Å². The van der Waals surface area contributed by atoms with Crippen molar-refractivity contribution in [2.75, 3.05) is 25.1 Å². The minimum atomic E-state index is -0.135. The zero-order valence-corrected chi connectivity index (χ0v) is 10.8. The summed E-state index contributed by atoms with van der Waals surface area (Å²) in [5.41, 5.74) is 0.824. The number of anilines is 1. The zero-order valence-electron chi connectivity index (χ0n) is 10.8. The van der Waals surface area contributed by atoms with Crippen molar-refractivity contribution in [1.29, 1.82) is 0 Å². The lowest BCUT2D eigenvalue weighted by molar-refractivity contribution is -0.145. The second kappa shape index (κ2) is 4.87. The van der Waals surface area contributed by atoms with Gasteiger partial charge in [-0.1, -0.05) is 0 Å². The number of ether oxygens (including phenoxy) is 1.